The molecule has 0 amide bonds. The third-order valence-corrected chi connectivity index (χ3v) is 5.07. The molecular formula is C13H21N3OS. The smallest absolute Gasteiger partial charge is 0.185 e. The van der Waals surface area contributed by atoms with Crippen LogP contribution < -0.4 is 10.6 Å². The van der Waals surface area contributed by atoms with Crippen LogP contribution in [0.15, 0.2) is 0 Å². The molecule has 2 N–H and O–H groups in total. The van der Waals surface area contributed by atoms with Crippen LogP contribution in [0.3, 0.4) is 0 Å². The van der Waals surface area contributed by atoms with Gasteiger partial charge in [-0.15, -0.1) is 11.3 Å². The zero-order valence-corrected chi connectivity index (χ0v) is 11.7. The van der Waals surface area contributed by atoms with Crippen molar-refractivity contribution in [3.8, 4) is 0 Å². The van der Waals surface area contributed by atoms with E-state index in [1.54, 1.807) is 18.4 Å². The molecule has 4 nitrogen and oxygen atoms in total. The molecule has 0 spiro atoms. The Morgan fingerprint density at radius 2 is 2.06 bits per heavy atom. The first-order chi connectivity index (χ1) is 8.81. The lowest BCUT2D eigenvalue weighted by molar-refractivity contribution is 0.0819. The molecule has 1 aliphatic heterocycles. The van der Waals surface area contributed by atoms with Crippen molar-refractivity contribution in [2.75, 3.05) is 25.1 Å². The number of methoxy groups -OCH3 is 1. The molecule has 1 saturated carbocycles. The molecule has 0 bridgehead atoms. The Balaban J connectivity index is 1.72. The molecule has 0 aromatic carbocycles. The van der Waals surface area contributed by atoms with Gasteiger partial charge in [0.1, 0.15) is 0 Å². The normalized spacial score (nSPS) is 21.6. The van der Waals surface area contributed by atoms with E-state index in [4.69, 9.17) is 15.5 Å². The minimum atomic E-state index is 0.429. The lowest BCUT2D eigenvalue weighted by atomic mass is 10.1. The number of piperidine rings is 1. The van der Waals surface area contributed by atoms with Crippen molar-refractivity contribution < 1.29 is 4.74 Å². The maximum atomic E-state index is 5.83. The van der Waals surface area contributed by atoms with Crippen molar-refractivity contribution in [2.45, 2.75) is 44.2 Å². The van der Waals surface area contributed by atoms with Crippen LogP contribution in [0.1, 0.15) is 42.2 Å². The summed E-state index contributed by atoms with van der Waals surface area (Å²) in [5.74, 6) is 0.699. The standard InChI is InChI=1S/C13H21N3OS/c1-17-10-4-6-16(7-5-10)13-15-12(9-2-3-9)11(8-14)18-13/h9-10H,2-8,14H2,1H3. The zero-order chi connectivity index (χ0) is 12.5. The second-order valence-electron chi connectivity index (χ2n) is 5.21. The highest BCUT2D eigenvalue weighted by atomic mass is 32.1. The van der Waals surface area contributed by atoms with Crippen molar-refractivity contribution in [3.05, 3.63) is 10.6 Å². The van der Waals surface area contributed by atoms with E-state index in [0.29, 0.717) is 18.6 Å². The molecule has 0 unspecified atom stereocenters. The molecule has 3 rings (SSSR count). The van der Waals surface area contributed by atoms with Crippen molar-refractivity contribution in [1.29, 1.82) is 0 Å². The number of hydrogen-bond acceptors (Lipinski definition) is 5. The van der Waals surface area contributed by atoms with Crippen LogP contribution in [0.2, 0.25) is 0 Å². The van der Waals surface area contributed by atoms with Crippen LogP contribution in [0.25, 0.3) is 0 Å². The molecule has 5 heteroatoms. The van der Waals surface area contributed by atoms with Crippen molar-refractivity contribution >= 4 is 16.5 Å². The number of nitrogens with two attached hydrogens (primary N) is 1. The molecule has 1 aromatic rings. The number of rotatable bonds is 4. The van der Waals surface area contributed by atoms with Gasteiger partial charge < -0.3 is 15.4 Å². The molecule has 0 radical (unpaired) electrons. The summed E-state index contributed by atoms with van der Waals surface area (Å²) in [5, 5.41) is 1.17. The number of ether oxygens (including phenoxy) is 1. The quantitative estimate of drug-likeness (QED) is 0.907. The number of aromatic nitrogens is 1. The first kappa shape index (κ1) is 12.4. The van der Waals surface area contributed by atoms with E-state index in [9.17, 15) is 0 Å². The molecule has 1 aliphatic carbocycles. The highest BCUT2D eigenvalue weighted by molar-refractivity contribution is 7.15. The third kappa shape index (κ3) is 2.39. The fraction of sp³-hybridized carbons (Fsp3) is 0.769. The molecule has 100 valence electrons. The van der Waals surface area contributed by atoms with E-state index in [1.165, 1.54) is 28.5 Å². The van der Waals surface area contributed by atoms with Gasteiger partial charge in [-0.2, -0.15) is 0 Å². The molecule has 2 fully saturated rings. The summed E-state index contributed by atoms with van der Waals surface area (Å²) >= 11 is 1.79. The van der Waals surface area contributed by atoms with Crippen LogP contribution in [-0.4, -0.2) is 31.3 Å². The largest absolute Gasteiger partial charge is 0.381 e. The van der Waals surface area contributed by atoms with Gasteiger partial charge in [0.25, 0.3) is 0 Å². The predicted molar refractivity (Wildman–Crippen MR) is 74.2 cm³/mol. The third-order valence-electron chi connectivity index (χ3n) is 3.91. The average molecular weight is 267 g/mol. The summed E-state index contributed by atoms with van der Waals surface area (Å²) in [6.07, 6.45) is 5.22. The van der Waals surface area contributed by atoms with E-state index in [1.807, 2.05) is 0 Å². The maximum absolute atomic E-state index is 5.83. The summed E-state index contributed by atoms with van der Waals surface area (Å²) in [6, 6.07) is 0. The zero-order valence-electron chi connectivity index (χ0n) is 10.9. The van der Waals surface area contributed by atoms with Gasteiger partial charge in [-0.1, -0.05) is 0 Å². The highest BCUT2D eigenvalue weighted by Crippen LogP contribution is 2.44. The summed E-state index contributed by atoms with van der Waals surface area (Å²) in [5.41, 5.74) is 7.12. The topological polar surface area (TPSA) is 51.4 Å². The Hall–Kier alpha value is -0.650. The van der Waals surface area contributed by atoms with Gasteiger partial charge in [0.15, 0.2) is 5.13 Å². The SMILES string of the molecule is COC1CCN(c2nc(C3CC3)c(CN)s2)CC1. The van der Waals surface area contributed by atoms with Gasteiger partial charge in [0.05, 0.1) is 11.8 Å². The first-order valence-corrected chi connectivity index (χ1v) is 7.61. The van der Waals surface area contributed by atoms with Crippen LogP contribution >= 0.6 is 11.3 Å². The van der Waals surface area contributed by atoms with E-state index in [2.05, 4.69) is 4.90 Å². The molecule has 18 heavy (non-hydrogen) atoms. The monoisotopic (exact) mass is 267 g/mol. The number of anilines is 1. The van der Waals surface area contributed by atoms with Gasteiger partial charge in [0, 0.05) is 37.5 Å². The Morgan fingerprint density at radius 3 is 2.61 bits per heavy atom. The highest BCUT2D eigenvalue weighted by Gasteiger charge is 2.30. The molecular weight excluding hydrogens is 246 g/mol. The van der Waals surface area contributed by atoms with Gasteiger partial charge in [0.2, 0.25) is 0 Å². The fourth-order valence-electron chi connectivity index (χ4n) is 2.59. The average Bonchev–Trinajstić information content (AvgIpc) is 3.18. The molecule has 1 aromatic heterocycles. The second-order valence-corrected chi connectivity index (χ2v) is 6.27. The summed E-state index contributed by atoms with van der Waals surface area (Å²) in [6.45, 7) is 2.75. The minimum Gasteiger partial charge on any atom is -0.381 e. The van der Waals surface area contributed by atoms with E-state index in [0.717, 1.165) is 25.9 Å². The predicted octanol–water partition coefficient (Wildman–Crippen LogP) is 2.09. The Labute approximate surface area is 112 Å². The Kier molecular flexibility index (Phi) is 3.54. The van der Waals surface area contributed by atoms with E-state index >= 15 is 0 Å². The lowest BCUT2D eigenvalue weighted by Crippen LogP contribution is -2.36. The van der Waals surface area contributed by atoms with Crippen molar-refractivity contribution in [3.63, 3.8) is 0 Å². The van der Waals surface area contributed by atoms with Crippen LogP contribution in [0.5, 0.6) is 0 Å². The number of hydrogen-bond donors (Lipinski definition) is 1. The van der Waals surface area contributed by atoms with Gasteiger partial charge in [-0.3, -0.25) is 0 Å². The molecule has 0 atom stereocenters. The summed E-state index contributed by atoms with van der Waals surface area (Å²) in [7, 11) is 1.81. The van der Waals surface area contributed by atoms with Crippen LogP contribution in [-0.2, 0) is 11.3 Å². The maximum Gasteiger partial charge on any atom is 0.185 e. The van der Waals surface area contributed by atoms with Gasteiger partial charge in [-0.25, -0.2) is 4.98 Å². The van der Waals surface area contributed by atoms with Crippen LogP contribution in [0.4, 0.5) is 5.13 Å². The van der Waals surface area contributed by atoms with Crippen molar-refractivity contribution in [1.82, 2.24) is 4.98 Å². The fourth-order valence-corrected chi connectivity index (χ4v) is 3.67. The Bertz CT molecular complexity index is 408. The second kappa shape index (κ2) is 5.15. The number of nitrogens with zero attached hydrogens (tertiary/aromatic N) is 2. The first-order valence-electron chi connectivity index (χ1n) is 6.79. The van der Waals surface area contributed by atoms with Gasteiger partial charge in [-0.05, 0) is 25.7 Å². The van der Waals surface area contributed by atoms with E-state index < -0.39 is 0 Å². The number of thiazole rings is 1. The van der Waals surface area contributed by atoms with Crippen molar-refractivity contribution in [2.24, 2.45) is 5.73 Å². The molecule has 1 saturated heterocycles. The summed E-state index contributed by atoms with van der Waals surface area (Å²) < 4.78 is 5.41. The van der Waals surface area contributed by atoms with E-state index in [-0.39, 0.29) is 0 Å². The van der Waals surface area contributed by atoms with Crippen LogP contribution in [0, 0.1) is 0 Å². The minimum absolute atomic E-state index is 0.429. The van der Waals surface area contributed by atoms with Gasteiger partial charge >= 0.3 is 0 Å². The molecule has 2 aliphatic rings. The Morgan fingerprint density at radius 1 is 1.33 bits per heavy atom. The summed E-state index contributed by atoms with van der Waals surface area (Å²) in [4.78, 5) is 8.53. The lowest BCUT2D eigenvalue weighted by Gasteiger charge is -2.30. The molecule has 2 heterocycles.